The summed E-state index contributed by atoms with van der Waals surface area (Å²) in [5.41, 5.74) is 8.60. The number of fused-ring (bicyclic) bond motifs is 3. The van der Waals surface area contributed by atoms with Gasteiger partial charge in [0.15, 0.2) is 0 Å². The normalized spacial score (nSPS) is 17.5. The molecule has 1 aromatic heterocycles. The Morgan fingerprint density at radius 1 is 1.07 bits per heavy atom. The minimum atomic E-state index is -1.10. The van der Waals surface area contributed by atoms with Crippen LogP contribution in [0.2, 0.25) is 5.02 Å². The van der Waals surface area contributed by atoms with E-state index in [4.69, 9.17) is 22.3 Å². The highest BCUT2D eigenvalue weighted by Gasteiger charge is 2.42. The Bertz CT molecular complexity index is 1780. The van der Waals surface area contributed by atoms with E-state index in [-0.39, 0.29) is 36.2 Å². The standard InChI is InChI=1S/C31H26ClF2N7O2/c1-36-29(43)31(35)11-12-41(16-31)28(42)17-5-8-20(9-6-17)39-30-38-15-18-14-37-27(25-23(33)3-2-4-24(25)34)22-13-19(32)7-10-21(22)26(18)40-30/h2-10,13,15H,11-12,14,16,35H2,1H3,(H,36,43)(H,38,39,40)/p+1. The molecule has 12 heteroatoms. The number of nitrogens with one attached hydrogen (secondary N) is 1. The number of likely N-dealkylation sites (N-methyl/N-ethyl adjacent to an activating group) is 1. The molecule has 2 aliphatic heterocycles. The quantitative estimate of drug-likeness (QED) is 0.302. The molecule has 0 spiro atoms. The maximum Gasteiger partial charge on any atom is 0.331 e. The third-order valence-corrected chi connectivity index (χ3v) is 7.94. The predicted octanol–water partition coefficient (Wildman–Crippen LogP) is 3.24. The number of carbonyl (C=O) groups excluding carboxylic acids is 2. The summed E-state index contributed by atoms with van der Waals surface area (Å²) in [6, 6.07) is 15.7. The number of nitrogens with two attached hydrogens (primary N) is 2. The molecule has 2 amide bonds. The number of carbonyl (C=O) groups is 2. The fourth-order valence-corrected chi connectivity index (χ4v) is 5.61. The number of hydrogen-bond donors (Lipinski definition) is 3. The smallest absolute Gasteiger partial charge is 0.331 e. The Kier molecular flexibility index (Phi) is 7.47. The van der Waals surface area contributed by atoms with Gasteiger partial charge in [0.1, 0.15) is 22.9 Å². The Morgan fingerprint density at radius 2 is 1.81 bits per heavy atom. The van der Waals surface area contributed by atoms with Gasteiger partial charge in [-0.3, -0.25) is 14.6 Å². The van der Waals surface area contributed by atoms with Crippen molar-refractivity contribution in [3.63, 3.8) is 0 Å². The summed E-state index contributed by atoms with van der Waals surface area (Å²) < 4.78 is 29.6. The van der Waals surface area contributed by atoms with E-state index in [2.05, 4.69) is 15.3 Å². The summed E-state index contributed by atoms with van der Waals surface area (Å²) >= 11 is 6.31. The highest BCUT2D eigenvalue weighted by Crippen LogP contribution is 2.34. The van der Waals surface area contributed by atoms with Crippen LogP contribution in [0.1, 0.15) is 33.5 Å². The maximum atomic E-state index is 14.8. The number of halogens is 3. The first kappa shape index (κ1) is 28.5. The monoisotopic (exact) mass is 602 g/mol. The first-order valence-electron chi connectivity index (χ1n) is 13.6. The molecule has 1 fully saturated rings. The number of likely N-dealkylation sites (tertiary alicyclic amines) is 1. The Labute approximate surface area is 250 Å². The number of amides is 2. The number of benzene rings is 3. The first-order chi connectivity index (χ1) is 20.7. The van der Waals surface area contributed by atoms with Gasteiger partial charge in [-0.1, -0.05) is 23.7 Å². The number of aliphatic imine (C=N–C) groups is 1. The summed E-state index contributed by atoms with van der Waals surface area (Å²) in [5.74, 6) is -1.55. The molecule has 9 nitrogen and oxygen atoms in total. The van der Waals surface area contributed by atoms with Crippen molar-refractivity contribution >= 4 is 40.8 Å². The molecule has 218 valence electrons. The molecule has 0 radical (unpaired) electrons. The second kappa shape index (κ2) is 11.3. The van der Waals surface area contributed by atoms with Crippen molar-refractivity contribution in [2.75, 3.05) is 20.1 Å². The van der Waals surface area contributed by atoms with Crippen LogP contribution in [0.5, 0.6) is 0 Å². The van der Waals surface area contributed by atoms with E-state index >= 15 is 0 Å². The lowest BCUT2D eigenvalue weighted by Gasteiger charge is -2.22. The van der Waals surface area contributed by atoms with Crippen LogP contribution >= 0.6 is 11.6 Å². The molecule has 4 aromatic rings. The Hall–Kier alpha value is -4.58. The van der Waals surface area contributed by atoms with Crippen LogP contribution in [0.4, 0.5) is 20.4 Å². The van der Waals surface area contributed by atoms with Crippen molar-refractivity contribution in [1.29, 1.82) is 0 Å². The molecule has 43 heavy (non-hydrogen) atoms. The van der Waals surface area contributed by atoms with Crippen molar-refractivity contribution in [3.8, 4) is 11.3 Å². The number of quaternary nitrogens is 1. The molecule has 5 N–H and O–H groups in total. The highest BCUT2D eigenvalue weighted by atomic mass is 35.5. The molecule has 3 heterocycles. The Morgan fingerprint density at radius 3 is 2.53 bits per heavy atom. The SMILES string of the molecule is CNC(=O)C1(N)CCN(C(=O)c2ccc([NH2+]c3ncc4c(n3)-c3ccc(Cl)cc3C(c3c(F)cccc3F)=NC4)cc2)C1. The molecule has 3 aromatic carbocycles. The van der Waals surface area contributed by atoms with Crippen LogP contribution in [-0.2, 0) is 11.3 Å². The zero-order chi connectivity index (χ0) is 30.3. The topological polar surface area (TPSA) is 130 Å². The van der Waals surface area contributed by atoms with Crippen LogP contribution in [0.25, 0.3) is 11.3 Å². The van der Waals surface area contributed by atoms with Gasteiger partial charge in [0, 0.05) is 65.7 Å². The molecular formula is C31H27ClF2N7O2+. The minimum absolute atomic E-state index is 0.113. The van der Waals surface area contributed by atoms with Crippen LogP contribution in [-0.4, -0.2) is 58.1 Å². The lowest BCUT2D eigenvalue weighted by Crippen LogP contribution is -2.72. The van der Waals surface area contributed by atoms with E-state index in [9.17, 15) is 18.4 Å². The lowest BCUT2D eigenvalue weighted by atomic mass is 9.95. The highest BCUT2D eigenvalue weighted by molar-refractivity contribution is 6.31. The van der Waals surface area contributed by atoms with Crippen LogP contribution in [0.15, 0.2) is 71.9 Å². The van der Waals surface area contributed by atoms with Gasteiger partial charge < -0.3 is 16.0 Å². The van der Waals surface area contributed by atoms with Gasteiger partial charge in [0.05, 0.1) is 23.5 Å². The van der Waals surface area contributed by atoms with Crippen molar-refractivity contribution in [2.45, 2.75) is 18.5 Å². The summed E-state index contributed by atoms with van der Waals surface area (Å²) in [5, 5.41) is 4.72. The minimum Gasteiger partial charge on any atom is -0.358 e. The average Bonchev–Trinajstić information content (AvgIpc) is 3.34. The molecule has 1 saturated heterocycles. The summed E-state index contributed by atoms with van der Waals surface area (Å²) in [4.78, 5) is 40.6. The van der Waals surface area contributed by atoms with Gasteiger partial charge in [-0.05, 0) is 42.8 Å². The molecule has 0 aliphatic carbocycles. The third kappa shape index (κ3) is 5.38. The van der Waals surface area contributed by atoms with Gasteiger partial charge >= 0.3 is 5.95 Å². The molecule has 1 atom stereocenters. The van der Waals surface area contributed by atoms with Crippen molar-refractivity contribution in [2.24, 2.45) is 10.7 Å². The van der Waals surface area contributed by atoms with Crippen molar-refractivity contribution in [3.05, 3.63) is 106 Å². The summed E-state index contributed by atoms with van der Waals surface area (Å²) in [7, 11) is 1.52. The molecule has 1 unspecified atom stereocenters. The maximum absolute atomic E-state index is 14.8. The molecule has 0 bridgehead atoms. The number of hydrogen-bond acceptors (Lipinski definition) is 6. The molecule has 2 aliphatic rings. The fourth-order valence-electron chi connectivity index (χ4n) is 5.44. The second-order valence-electron chi connectivity index (χ2n) is 10.5. The number of nitrogens with zero attached hydrogens (tertiary/aromatic N) is 4. The predicted molar refractivity (Wildman–Crippen MR) is 157 cm³/mol. The number of aromatic nitrogens is 2. The summed E-state index contributed by atoms with van der Waals surface area (Å²) in [6.07, 6.45) is 2.03. The molecule has 6 rings (SSSR count). The zero-order valence-electron chi connectivity index (χ0n) is 23.1. The van der Waals surface area contributed by atoms with E-state index in [0.717, 1.165) is 5.69 Å². The Balaban J connectivity index is 1.25. The third-order valence-electron chi connectivity index (χ3n) is 7.70. The number of rotatable bonds is 5. The summed E-state index contributed by atoms with van der Waals surface area (Å²) in [6.45, 7) is 0.646. The van der Waals surface area contributed by atoms with Gasteiger partial charge in [0.2, 0.25) is 5.91 Å². The van der Waals surface area contributed by atoms with E-state index in [1.54, 1.807) is 58.9 Å². The molecular weight excluding hydrogens is 576 g/mol. The second-order valence-corrected chi connectivity index (χ2v) is 11.0. The van der Waals surface area contributed by atoms with E-state index in [0.29, 0.717) is 51.9 Å². The van der Waals surface area contributed by atoms with E-state index in [1.807, 2.05) is 0 Å². The fraction of sp³-hybridized carbons (Fsp3) is 0.194. The van der Waals surface area contributed by atoms with E-state index < -0.39 is 17.2 Å². The van der Waals surface area contributed by atoms with Crippen molar-refractivity contribution < 1.29 is 23.7 Å². The van der Waals surface area contributed by atoms with Gasteiger partial charge in [-0.25, -0.2) is 14.1 Å². The zero-order valence-corrected chi connectivity index (χ0v) is 23.8. The van der Waals surface area contributed by atoms with Gasteiger partial charge in [-0.2, -0.15) is 9.97 Å². The van der Waals surface area contributed by atoms with Crippen molar-refractivity contribution in [1.82, 2.24) is 20.2 Å². The van der Waals surface area contributed by atoms with E-state index in [1.165, 1.54) is 25.2 Å². The van der Waals surface area contributed by atoms with Crippen LogP contribution < -0.4 is 16.4 Å². The van der Waals surface area contributed by atoms with Crippen LogP contribution in [0, 0.1) is 11.6 Å². The first-order valence-corrected chi connectivity index (χ1v) is 13.9. The van der Waals surface area contributed by atoms with Gasteiger partial charge in [-0.15, -0.1) is 0 Å². The average molecular weight is 603 g/mol. The van der Waals surface area contributed by atoms with Gasteiger partial charge in [0.25, 0.3) is 5.91 Å². The van der Waals surface area contributed by atoms with Crippen LogP contribution in [0.3, 0.4) is 0 Å². The molecule has 0 saturated carbocycles. The largest absolute Gasteiger partial charge is 0.358 e. The lowest BCUT2D eigenvalue weighted by molar-refractivity contribution is -0.487.